The number of fused-ring (bicyclic) bond motifs is 2. The van der Waals surface area contributed by atoms with Gasteiger partial charge in [0.1, 0.15) is 0 Å². The van der Waals surface area contributed by atoms with E-state index in [1.165, 1.54) is 0 Å². The zero-order valence-electron chi connectivity index (χ0n) is 10.8. The fourth-order valence-corrected chi connectivity index (χ4v) is 3.83. The molecular weight excluding hydrogens is 480 g/mol. The maximum Gasteiger partial charge on any atom is 0.198 e. The highest BCUT2D eigenvalue weighted by atomic mass is 79.9. The van der Waals surface area contributed by atoms with Crippen LogP contribution in [0.5, 0.6) is 0 Å². The molecule has 0 amide bonds. The first-order valence-corrected chi connectivity index (χ1v) is 7.48. The topological polar surface area (TPSA) is 0 Å². The number of rotatable bonds is 0. The zero-order valence-corrected chi connectivity index (χ0v) is 14.0. The van der Waals surface area contributed by atoms with Crippen LogP contribution in [0, 0.1) is 46.5 Å². The lowest BCUT2D eigenvalue weighted by Crippen LogP contribution is -2.04. The molecule has 0 heterocycles. The summed E-state index contributed by atoms with van der Waals surface area (Å²) in [5.41, 5.74) is 0. The molecule has 126 valence electrons. The molecule has 24 heavy (non-hydrogen) atoms. The molecule has 3 aromatic rings. The van der Waals surface area contributed by atoms with Gasteiger partial charge in [0.05, 0.1) is 0 Å². The van der Waals surface area contributed by atoms with E-state index in [9.17, 15) is 35.1 Å². The molecule has 0 unspecified atom stereocenters. The third-order valence-corrected chi connectivity index (χ3v) is 5.00. The summed E-state index contributed by atoms with van der Waals surface area (Å²) >= 11 is 5.18. The van der Waals surface area contributed by atoms with Gasteiger partial charge in [-0.1, -0.05) is 0 Å². The predicted octanol–water partition coefficient (Wildman–Crippen LogP) is 6.63. The fourth-order valence-electron chi connectivity index (χ4n) is 2.34. The van der Waals surface area contributed by atoms with Crippen LogP contribution in [0.3, 0.4) is 0 Å². The van der Waals surface area contributed by atoms with Crippen molar-refractivity contribution in [3.63, 3.8) is 0 Å². The minimum Gasteiger partial charge on any atom is -0.203 e. The van der Waals surface area contributed by atoms with Crippen molar-refractivity contribution in [2.24, 2.45) is 0 Å². The first-order valence-electron chi connectivity index (χ1n) is 5.89. The number of hydrogen-bond acceptors (Lipinski definition) is 0. The van der Waals surface area contributed by atoms with Crippen molar-refractivity contribution in [3.8, 4) is 0 Å². The second-order valence-corrected chi connectivity index (χ2v) is 6.23. The summed E-state index contributed by atoms with van der Waals surface area (Å²) in [5, 5.41) is -4.02. The van der Waals surface area contributed by atoms with Crippen LogP contribution in [0.4, 0.5) is 35.1 Å². The number of benzene rings is 3. The predicted molar refractivity (Wildman–Crippen MR) is 76.5 cm³/mol. The van der Waals surface area contributed by atoms with E-state index in [-0.39, 0.29) is 0 Å². The van der Waals surface area contributed by atoms with Gasteiger partial charge in [-0.25, -0.2) is 35.1 Å². The van der Waals surface area contributed by atoms with Crippen LogP contribution in [0.15, 0.2) is 8.95 Å². The summed E-state index contributed by atoms with van der Waals surface area (Å²) in [5.74, 6) is -16.5. The second kappa shape index (κ2) is 5.55. The minimum absolute atomic E-state index is 0.804. The molecule has 0 saturated carbocycles. The normalized spacial score (nSPS) is 11.8. The van der Waals surface area contributed by atoms with Gasteiger partial charge in [-0.05, 0) is 31.9 Å². The Balaban J connectivity index is 2.82. The smallest absolute Gasteiger partial charge is 0.198 e. The van der Waals surface area contributed by atoms with E-state index in [2.05, 4.69) is 31.9 Å². The van der Waals surface area contributed by atoms with Gasteiger partial charge in [-0.2, -0.15) is 0 Å². The summed E-state index contributed by atoms with van der Waals surface area (Å²) in [6.07, 6.45) is 0. The molecule has 0 bridgehead atoms. The van der Waals surface area contributed by atoms with Crippen LogP contribution in [0.25, 0.3) is 21.5 Å². The Labute approximate surface area is 144 Å². The van der Waals surface area contributed by atoms with Crippen molar-refractivity contribution in [1.82, 2.24) is 0 Å². The summed E-state index contributed by atoms with van der Waals surface area (Å²) in [7, 11) is 0. The Kier molecular flexibility index (Phi) is 4.03. The van der Waals surface area contributed by atoms with E-state index in [0.717, 1.165) is 0 Å². The molecule has 0 aliphatic rings. The maximum atomic E-state index is 14.0. The lowest BCUT2D eigenvalue weighted by molar-refractivity contribution is 0.415. The van der Waals surface area contributed by atoms with Gasteiger partial charge in [0, 0.05) is 30.5 Å². The molecule has 3 rings (SSSR count). The van der Waals surface area contributed by atoms with Gasteiger partial charge in [0.25, 0.3) is 0 Å². The molecular formula is C14Br2F8. The van der Waals surface area contributed by atoms with Crippen LogP contribution in [-0.4, -0.2) is 0 Å². The van der Waals surface area contributed by atoms with E-state index < -0.39 is 77.0 Å². The molecule has 10 heteroatoms. The quantitative estimate of drug-likeness (QED) is 0.147. The molecule has 0 saturated heterocycles. The van der Waals surface area contributed by atoms with Crippen molar-refractivity contribution in [3.05, 3.63) is 55.5 Å². The van der Waals surface area contributed by atoms with E-state index >= 15 is 0 Å². The van der Waals surface area contributed by atoms with E-state index in [0.29, 0.717) is 0 Å². The third-order valence-electron chi connectivity index (χ3n) is 3.41. The SMILES string of the molecule is Fc1c(F)c(F)c2c(Br)c3c(F)c(F)c(F)c(F)c3c(Br)c2c1F. The van der Waals surface area contributed by atoms with Crippen molar-refractivity contribution < 1.29 is 35.1 Å². The molecule has 3 aromatic carbocycles. The molecule has 0 atom stereocenters. The summed E-state index contributed by atoms with van der Waals surface area (Å²) in [6, 6.07) is 0. The van der Waals surface area contributed by atoms with Crippen LogP contribution in [-0.2, 0) is 0 Å². The first kappa shape index (κ1) is 17.4. The number of hydrogen-bond donors (Lipinski definition) is 0. The van der Waals surface area contributed by atoms with Crippen LogP contribution in [0.2, 0.25) is 0 Å². The van der Waals surface area contributed by atoms with E-state index in [4.69, 9.17) is 0 Å². The van der Waals surface area contributed by atoms with Gasteiger partial charge in [0.15, 0.2) is 46.5 Å². The number of halogens is 10. The average Bonchev–Trinajstić information content (AvgIpc) is 2.55. The van der Waals surface area contributed by atoms with Crippen molar-refractivity contribution >= 4 is 53.4 Å². The zero-order chi connectivity index (χ0) is 18.1. The largest absolute Gasteiger partial charge is 0.203 e. The molecule has 0 spiro atoms. The Morgan fingerprint density at radius 1 is 0.333 bits per heavy atom. The third kappa shape index (κ3) is 2.01. The standard InChI is InChI=1S/C14Br2F8/c15-5-1-2(8(18)12(22)11(21)7(1)17)6(16)4-3(5)9(19)13(23)14(24)10(4)20. The molecule has 0 aliphatic carbocycles. The average molecular weight is 480 g/mol. The fraction of sp³-hybridized carbons (Fsp3) is 0. The summed E-state index contributed by atoms with van der Waals surface area (Å²) < 4.78 is 108. The maximum absolute atomic E-state index is 14.0. The summed E-state index contributed by atoms with van der Waals surface area (Å²) in [4.78, 5) is 0. The van der Waals surface area contributed by atoms with Crippen LogP contribution >= 0.6 is 31.9 Å². The molecule has 0 radical (unpaired) electrons. The molecule has 0 aliphatic heterocycles. The highest BCUT2D eigenvalue weighted by molar-refractivity contribution is 9.11. The second-order valence-electron chi connectivity index (χ2n) is 4.64. The first-order chi connectivity index (χ1) is 11.1. The van der Waals surface area contributed by atoms with Gasteiger partial charge in [0.2, 0.25) is 0 Å². The van der Waals surface area contributed by atoms with Gasteiger partial charge in [-0.3, -0.25) is 0 Å². The van der Waals surface area contributed by atoms with Gasteiger partial charge in [-0.15, -0.1) is 0 Å². The Morgan fingerprint density at radius 3 is 0.667 bits per heavy atom. The lowest BCUT2D eigenvalue weighted by Gasteiger charge is -2.14. The summed E-state index contributed by atoms with van der Waals surface area (Å²) in [6.45, 7) is 0. The Bertz CT molecular complexity index is 896. The van der Waals surface area contributed by atoms with Crippen molar-refractivity contribution in [2.75, 3.05) is 0 Å². The van der Waals surface area contributed by atoms with Crippen LogP contribution in [0.1, 0.15) is 0 Å². The van der Waals surface area contributed by atoms with Crippen molar-refractivity contribution in [1.29, 1.82) is 0 Å². The van der Waals surface area contributed by atoms with Crippen LogP contribution < -0.4 is 0 Å². The Morgan fingerprint density at radius 2 is 0.500 bits per heavy atom. The molecule has 0 aromatic heterocycles. The molecule has 0 nitrogen and oxygen atoms in total. The highest BCUT2D eigenvalue weighted by Crippen LogP contribution is 2.45. The van der Waals surface area contributed by atoms with E-state index in [1.54, 1.807) is 0 Å². The highest BCUT2D eigenvalue weighted by Gasteiger charge is 2.31. The van der Waals surface area contributed by atoms with Gasteiger partial charge >= 0.3 is 0 Å². The Hall–Kier alpha value is -1.42. The minimum atomic E-state index is -2.20. The van der Waals surface area contributed by atoms with Gasteiger partial charge < -0.3 is 0 Å². The monoisotopic (exact) mass is 478 g/mol. The molecule has 0 fully saturated rings. The molecule has 0 N–H and O–H groups in total. The van der Waals surface area contributed by atoms with Crippen molar-refractivity contribution in [2.45, 2.75) is 0 Å². The lowest BCUT2D eigenvalue weighted by atomic mass is 10.0. The van der Waals surface area contributed by atoms with E-state index in [1.807, 2.05) is 0 Å².